The molecule has 0 fully saturated rings. The molecule has 0 aliphatic rings. The van der Waals surface area contributed by atoms with Crippen LogP contribution in [0.15, 0.2) is 0 Å². The lowest BCUT2D eigenvalue weighted by Crippen LogP contribution is -2.49. The largest absolute Gasteiger partial charge is 0.503 e. The van der Waals surface area contributed by atoms with Crippen LogP contribution in [0.5, 0.6) is 0 Å². The van der Waals surface area contributed by atoms with Gasteiger partial charge in [-0.15, -0.1) is 0 Å². The highest BCUT2D eigenvalue weighted by molar-refractivity contribution is 9.10. The first kappa shape index (κ1) is 22.3. The third kappa shape index (κ3) is 6.64. The van der Waals surface area contributed by atoms with Gasteiger partial charge in [0, 0.05) is 33.5 Å². The predicted octanol–water partition coefficient (Wildman–Crippen LogP) is 2.27. The standard InChI is InChI=1S/C10H21BrO5Si.C2H6O/c1-6-8(7-10(2,11)9(12)13)17(14-3,15-4)16-5;1-2-3/h8H,6-7H2,1-5H3,(H,12,13);3H,2H2,1H3. The van der Waals surface area contributed by atoms with Crippen molar-refractivity contribution in [3.63, 3.8) is 0 Å². The van der Waals surface area contributed by atoms with Gasteiger partial charge in [-0.2, -0.15) is 0 Å². The maximum atomic E-state index is 11.1. The van der Waals surface area contributed by atoms with Gasteiger partial charge in [0.25, 0.3) is 0 Å². The second-order valence-corrected chi connectivity index (χ2v) is 9.34. The van der Waals surface area contributed by atoms with E-state index in [2.05, 4.69) is 15.9 Å². The lowest BCUT2D eigenvalue weighted by Gasteiger charge is -2.34. The Labute approximate surface area is 130 Å². The first-order valence-electron chi connectivity index (χ1n) is 6.39. The summed E-state index contributed by atoms with van der Waals surface area (Å²) in [7, 11) is 1.81. The molecule has 0 aliphatic heterocycles. The zero-order valence-corrected chi connectivity index (χ0v) is 15.7. The molecule has 0 radical (unpaired) electrons. The van der Waals surface area contributed by atoms with Crippen LogP contribution in [-0.4, -0.2) is 57.2 Å². The van der Waals surface area contributed by atoms with Crippen molar-refractivity contribution in [2.75, 3.05) is 27.9 Å². The highest BCUT2D eigenvalue weighted by Crippen LogP contribution is 2.38. The lowest BCUT2D eigenvalue weighted by atomic mass is 10.0. The Kier molecular flexibility index (Phi) is 11.9. The van der Waals surface area contributed by atoms with Crippen molar-refractivity contribution >= 4 is 30.7 Å². The van der Waals surface area contributed by atoms with Crippen LogP contribution in [0, 0.1) is 0 Å². The number of aliphatic carboxylic acids is 1. The summed E-state index contributed by atoms with van der Waals surface area (Å²) in [5.74, 6) is -0.901. The second-order valence-electron chi connectivity index (χ2n) is 4.34. The quantitative estimate of drug-likeness (QED) is 0.500. The van der Waals surface area contributed by atoms with Crippen molar-refractivity contribution in [1.82, 2.24) is 0 Å². The highest BCUT2D eigenvalue weighted by atomic mass is 79.9. The normalized spacial score (nSPS) is 15.8. The molecule has 0 aliphatic carbocycles. The lowest BCUT2D eigenvalue weighted by molar-refractivity contribution is -0.139. The summed E-state index contributed by atoms with van der Waals surface area (Å²) in [4.78, 5) is 11.1. The van der Waals surface area contributed by atoms with Crippen molar-refractivity contribution in [3.05, 3.63) is 0 Å². The number of aliphatic hydroxyl groups excluding tert-OH is 1. The minimum atomic E-state index is -2.80. The van der Waals surface area contributed by atoms with E-state index in [4.69, 9.17) is 23.5 Å². The van der Waals surface area contributed by atoms with Crippen LogP contribution < -0.4 is 0 Å². The molecule has 0 rings (SSSR count). The molecule has 0 saturated carbocycles. The Balaban J connectivity index is 0. The average molecular weight is 375 g/mol. The first-order valence-corrected chi connectivity index (χ1v) is 8.99. The fourth-order valence-electron chi connectivity index (χ4n) is 1.82. The van der Waals surface area contributed by atoms with E-state index >= 15 is 0 Å². The van der Waals surface area contributed by atoms with Gasteiger partial charge in [-0.1, -0.05) is 22.9 Å². The van der Waals surface area contributed by atoms with Crippen molar-refractivity contribution in [1.29, 1.82) is 0 Å². The monoisotopic (exact) mass is 374 g/mol. The number of hydrogen-bond donors (Lipinski definition) is 2. The SMILES string of the molecule is CCC(CC(C)(Br)C(=O)O)[Si](OC)(OC)OC.CCO. The summed E-state index contributed by atoms with van der Waals surface area (Å²) in [5.41, 5.74) is -0.0667. The van der Waals surface area contributed by atoms with Crippen LogP contribution in [0.3, 0.4) is 0 Å². The Morgan fingerprint density at radius 1 is 1.25 bits per heavy atom. The van der Waals surface area contributed by atoms with Gasteiger partial charge in [-0.3, -0.25) is 4.79 Å². The van der Waals surface area contributed by atoms with Crippen LogP contribution in [0.2, 0.25) is 5.54 Å². The van der Waals surface area contributed by atoms with E-state index in [0.29, 0.717) is 6.42 Å². The van der Waals surface area contributed by atoms with Crippen molar-refractivity contribution in [2.45, 2.75) is 43.5 Å². The van der Waals surface area contributed by atoms with Gasteiger partial charge in [0.05, 0.1) is 0 Å². The van der Waals surface area contributed by atoms with Gasteiger partial charge in [-0.25, -0.2) is 0 Å². The number of halogens is 1. The molecule has 8 heteroatoms. The van der Waals surface area contributed by atoms with Gasteiger partial charge in [0.2, 0.25) is 0 Å². The van der Waals surface area contributed by atoms with Crippen molar-refractivity contribution in [3.8, 4) is 0 Å². The molecule has 0 saturated heterocycles. The van der Waals surface area contributed by atoms with Crippen LogP contribution in [0.25, 0.3) is 0 Å². The molecule has 20 heavy (non-hydrogen) atoms. The fraction of sp³-hybridized carbons (Fsp3) is 0.917. The Morgan fingerprint density at radius 2 is 1.60 bits per heavy atom. The molecule has 0 bridgehead atoms. The van der Waals surface area contributed by atoms with E-state index in [-0.39, 0.29) is 12.1 Å². The van der Waals surface area contributed by atoms with Gasteiger partial charge >= 0.3 is 14.8 Å². The molecule has 122 valence electrons. The van der Waals surface area contributed by atoms with Gasteiger partial charge in [0.15, 0.2) is 0 Å². The molecule has 2 N–H and O–H groups in total. The number of hydrogen-bond acceptors (Lipinski definition) is 5. The average Bonchev–Trinajstić information content (AvgIpc) is 2.40. The number of carbonyl (C=O) groups is 1. The Hall–Kier alpha value is 0.00688. The zero-order valence-electron chi connectivity index (χ0n) is 13.1. The molecular weight excluding hydrogens is 348 g/mol. The number of aliphatic hydroxyl groups is 1. The Morgan fingerprint density at radius 3 is 1.80 bits per heavy atom. The third-order valence-electron chi connectivity index (χ3n) is 2.92. The van der Waals surface area contributed by atoms with Crippen LogP contribution in [-0.2, 0) is 18.1 Å². The highest BCUT2D eigenvalue weighted by Gasteiger charge is 2.49. The minimum Gasteiger partial charge on any atom is -0.480 e. The third-order valence-corrected chi connectivity index (χ3v) is 6.90. The molecule has 0 aromatic carbocycles. The molecule has 2 atom stereocenters. The summed E-state index contributed by atoms with van der Waals surface area (Å²) in [6.45, 7) is 5.52. The van der Waals surface area contributed by atoms with Crippen molar-refractivity contribution < 1.29 is 28.3 Å². The molecule has 0 aromatic rings. The summed E-state index contributed by atoms with van der Waals surface area (Å²) in [5, 5.41) is 16.7. The molecule has 0 amide bonds. The molecule has 2 unspecified atom stereocenters. The maximum Gasteiger partial charge on any atom is 0.503 e. The van der Waals surface area contributed by atoms with E-state index in [9.17, 15) is 4.79 Å². The summed E-state index contributed by atoms with van der Waals surface area (Å²) in [6.07, 6.45) is 1.12. The van der Waals surface area contributed by atoms with E-state index in [1.54, 1.807) is 13.8 Å². The van der Waals surface area contributed by atoms with Gasteiger partial charge < -0.3 is 23.5 Å². The summed E-state index contributed by atoms with van der Waals surface area (Å²) in [6, 6.07) is 0. The molecule has 0 spiro atoms. The summed E-state index contributed by atoms with van der Waals surface area (Å²) < 4.78 is 15.2. The first-order chi connectivity index (χ1) is 9.21. The van der Waals surface area contributed by atoms with Crippen LogP contribution in [0.1, 0.15) is 33.6 Å². The van der Waals surface area contributed by atoms with Gasteiger partial charge in [0.1, 0.15) is 4.32 Å². The number of carboxylic acid groups (broad SMARTS) is 1. The van der Waals surface area contributed by atoms with Crippen LogP contribution in [0.4, 0.5) is 0 Å². The van der Waals surface area contributed by atoms with E-state index < -0.39 is 19.1 Å². The van der Waals surface area contributed by atoms with E-state index in [0.717, 1.165) is 6.42 Å². The molecule has 0 aromatic heterocycles. The zero-order chi connectivity index (χ0) is 16.4. The number of carboxylic acids is 1. The van der Waals surface area contributed by atoms with Crippen LogP contribution >= 0.6 is 15.9 Å². The minimum absolute atomic E-state index is 0.0667. The molecular formula is C12H27BrO6Si. The van der Waals surface area contributed by atoms with Crippen molar-refractivity contribution in [2.24, 2.45) is 0 Å². The molecule has 0 heterocycles. The maximum absolute atomic E-state index is 11.1. The number of rotatable bonds is 8. The fourth-order valence-corrected chi connectivity index (χ4v) is 5.17. The van der Waals surface area contributed by atoms with E-state index in [1.807, 2.05) is 6.92 Å². The number of alkyl halides is 1. The predicted molar refractivity (Wildman–Crippen MR) is 83.2 cm³/mol. The topological polar surface area (TPSA) is 85.2 Å². The van der Waals surface area contributed by atoms with E-state index in [1.165, 1.54) is 21.3 Å². The Bertz CT molecular complexity index is 262. The summed E-state index contributed by atoms with van der Waals surface area (Å²) >= 11 is 3.22. The molecule has 6 nitrogen and oxygen atoms in total. The second kappa shape index (κ2) is 10.7. The van der Waals surface area contributed by atoms with Gasteiger partial charge in [-0.05, 0) is 26.7 Å². The smallest absolute Gasteiger partial charge is 0.480 e.